The molecule has 1 atom stereocenters. The van der Waals surface area contributed by atoms with Crippen molar-refractivity contribution in [1.29, 1.82) is 0 Å². The molecule has 0 saturated carbocycles. The van der Waals surface area contributed by atoms with Gasteiger partial charge in [0.2, 0.25) is 0 Å². The van der Waals surface area contributed by atoms with E-state index in [1.807, 2.05) is 6.07 Å². The zero-order valence-corrected chi connectivity index (χ0v) is 10.5. The Morgan fingerprint density at radius 3 is 2.56 bits per heavy atom. The van der Waals surface area contributed by atoms with Crippen LogP contribution in [-0.4, -0.2) is 6.10 Å². The average molecular weight is 238 g/mol. The lowest BCUT2D eigenvalue weighted by atomic mass is 10.0. The molecule has 0 amide bonds. The minimum atomic E-state index is 0.381. The highest BCUT2D eigenvalue weighted by molar-refractivity contribution is 5.37. The molecule has 1 aliphatic heterocycles. The van der Waals surface area contributed by atoms with Gasteiger partial charge >= 0.3 is 0 Å². The molecule has 18 heavy (non-hydrogen) atoms. The van der Waals surface area contributed by atoms with Gasteiger partial charge in [-0.25, -0.2) is 0 Å². The molecule has 0 N–H and O–H groups in total. The Morgan fingerprint density at radius 1 is 0.944 bits per heavy atom. The first kappa shape index (κ1) is 11.3. The molecule has 1 unspecified atom stereocenters. The van der Waals surface area contributed by atoms with E-state index in [-0.39, 0.29) is 0 Å². The second kappa shape index (κ2) is 5.26. The average Bonchev–Trinajstić information content (AvgIpc) is 2.82. The van der Waals surface area contributed by atoms with E-state index in [1.165, 1.54) is 17.5 Å². The first-order chi connectivity index (χ1) is 8.92. The van der Waals surface area contributed by atoms with Crippen molar-refractivity contribution in [3.63, 3.8) is 0 Å². The Morgan fingerprint density at radius 2 is 1.72 bits per heavy atom. The molecule has 1 nitrogen and oxygen atoms in total. The highest BCUT2D eigenvalue weighted by Crippen LogP contribution is 2.30. The number of ether oxygens (including phenoxy) is 1. The molecular formula is C17H18O. The molecule has 0 radical (unpaired) electrons. The van der Waals surface area contributed by atoms with Crippen LogP contribution in [0.2, 0.25) is 0 Å². The van der Waals surface area contributed by atoms with Gasteiger partial charge in [0.1, 0.15) is 11.9 Å². The third-order valence-corrected chi connectivity index (χ3v) is 3.55. The Hall–Kier alpha value is -1.76. The summed E-state index contributed by atoms with van der Waals surface area (Å²) < 4.78 is 5.94. The fraction of sp³-hybridized carbons (Fsp3) is 0.294. The third-order valence-electron chi connectivity index (χ3n) is 3.55. The highest BCUT2D eigenvalue weighted by atomic mass is 16.5. The molecule has 1 aliphatic rings. The summed E-state index contributed by atoms with van der Waals surface area (Å²) in [6.07, 6.45) is 4.94. The standard InChI is InChI=1S/C17H18O/c1-2-7-14(8-3-1)9-6-11-16-13-15-10-4-5-12-17(15)18-16/h1-5,7-8,10,12,16H,6,9,11,13H2. The molecule has 3 rings (SSSR count). The van der Waals surface area contributed by atoms with E-state index in [1.54, 1.807) is 0 Å². The van der Waals surface area contributed by atoms with E-state index in [4.69, 9.17) is 4.74 Å². The minimum Gasteiger partial charge on any atom is -0.490 e. The van der Waals surface area contributed by atoms with Gasteiger partial charge in [0.25, 0.3) is 0 Å². The lowest BCUT2D eigenvalue weighted by Gasteiger charge is -2.10. The van der Waals surface area contributed by atoms with Crippen LogP contribution in [0.4, 0.5) is 0 Å². The number of para-hydroxylation sites is 1. The molecule has 0 bridgehead atoms. The van der Waals surface area contributed by atoms with Crippen LogP contribution in [-0.2, 0) is 12.8 Å². The third kappa shape index (κ3) is 2.56. The van der Waals surface area contributed by atoms with Crippen LogP contribution in [0, 0.1) is 0 Å². The first-order valence-corrected chi connectivity index (χ1v) is 6.70. The van der Waals surface area contributed by atoms with E-state index < -0.39 is 0 Å². The second-order valence-electron chi connectivity index (χ2n) is 4.93. The number of fused-ring (bicyclic) bond motifs is 1. The molecule has 1 heteroatoms. The van der Waals surface area contributed by atoms with Crippen molar-refractivity contribution in [2.45, 2.75) is 31.8 Å². The van der Waals surface area contributed by atoms with Gasteiger partial charge < -0.3 is 4.74 Å². The summed E-state index contributed by atoms with van der Waals surface area (Å²) in [5, 5.41) is 0. The predicted molar refractivity (Wildman–Crippen MR) is 73.9 cm³/mol. The van der Waals surface area contributed by atoms with Crippen molar-refractivity contribution in [3.05, 3.63) is 65.7 Å². The van der Waals surface area contributed by atoms with Crippen molar-refractivity contribution in [2.24, 2.45) is 0 Å². The molecule has 0 saturated heterocycles. The fourth-order valence-corrected chi connectivity index (χ4v) is 2.59. The van der Waals surface area contributed by atoms with Gasteiger partial charge in [-0.1, -0.05) is 48.5 Å². The Bertz CT molecular complexity index is 479. The molecule has 92 valence electrons. The lowest BCUT2D eigenvalue weighted by molar-refractivity contribution is 0.218. The van der Waals surface area contributed by atoms with E-state index in [2.05, 4.69) is 48.5 Å². The maximum Gasteiger partial charge on any atom is 0.123 e. The predicted octanol–water partition coefficient (Wildman–Crippen LogP) is 4.01. The van der Waals surface area contributed by atoms with Crippen LogP contribution in [0.3, 0.4) is 0 Å². The molecular weight excluding hydrogens is 220 g/mol. The van der Waals surface area contributed by atoms with E-state index in [9.17, 15) is 0 Å². The van der Waals surface area contributed by atoms with Gasteiger partial charge in [-0.2, -0.15) is 0 Å². The number of hydrogen-bond donors (Lipinski definition) is 0. The number of aryl methyl sites for hydroxylation is 1. The Labute approximate surface area is 108 Å². The summed E-state index contributed by atoms with van der Waals surface area (Å²) in [5.74, 6) is 1.09. The zero-order chi connectivity index (χ0) is 12.2. The van der Waals surface area contributed by atoms with Crippen LogP contribution in [0.15, 0.2) is 54.6 Å². The summed E-state index contributed by atoms with van der Waals surface area (Å²) in [6, 6.07) is 19.1. The summed E-state index contributed by atoms with van der Waals surface area (Å²) in [6.45, 7) is 0. The lowest BCUT2D eigenvalue weighted by Crippen LogP contribution is -2.12. The monoisotopic (exact) mass is 238 g/mol. The van der Waals surface area contributed by atoms with E-state index >= 15 is 0 Å². The van der Waals surface area contributed by atoms with E-state index in [0.717, 1.165) is 25.0 Å². The SMILES string of the molecule is c1ccc(CCCC2Cc3ccccc3O2)cc1. The normalized spacial score (nSPS) is 17.2. The molecule has 0 fully saturated rings. The van der Waals surface area contributed by atoms with Gasteiger partial charge in [-0.15, -0.1) is 0 Å². The van der Waals surface area contributed by atoms with Crippen molar-refractivity contribution >= 4 is 0 Å². The largest absolute Gasteiger partial charge is 0.490 e. The van der Waals surface area contributed by atoms with Gasteiger partial charge in [0, 0.05) is 6.42 Å². The second-order valence-corrected chi connectivity index (χ2v) is 4.93. The highest BCUT2D eigenvalue weighted by Gasteiger charge is 2.21. The summed E-state index contributed by atoms with van der Waals surface area (Å²) in [7, 11) is 0. The van der Waals surface area contributed by atoms with Crippen LogP contribution in [0.25, 0.3) is 0 Å². The Kier molecular flexibility index (Phi) is 3.31. The van der Waals surface area contributed by atoms with Crippen LogP contribution >= 0.6 is 0 Å². The number of rotatable bonds is 4. The van der Waals surface area contributed by atoms with Gasteiger partial charge in [-0.05, 0) is 36.5 Å². The summed E-state index contributed by atoms with van der Waals surface area (Å²) in [4.78, 5) is 0. The summed E-state index contributed by atoms with van der Waals surface area (Å²) >= 11 is 0. The van der Waals surface area contributed by atoms with Crippen molar-refractivity contribution in [1.82, 2.24) is 0 Å². The Balaban J connectivity index is 1.49. The molecule has 0 aromatic heterocycles. The number of hydrogen-bond acceptors (Lipinski definition) is 1. The maximum atomic E-state index is 5.94. The van der Waals surface area contributed by atoms with Crippen LogP contribution in [0.1, 0.15) is 24.0 Å². The molecule has 2 aromatic rings. The van der Waals surface area contributed by atoms with Crippen LogP contribution < -0.4 is 4.74 Å². The molecule has 0 aliphatic carbocycles. The van der Waals surface area contributed by atoms with Gasteiger partial charge in [-0.3, -0.25) is 0 Å². The molecule has 1 heterocycles. The summed E-state index contributed by atoms with van der Waals surface area (Å²) in [5.41, 5.74) is 2.79. The smallest absolute Gasteiger partial charge is 0.123 e. The first-order valence-electron chi connectivity index (χ1n) is 6.70. The fourth-order valence-electron chi connectivity index (χ4n) is 2.59. The van der Waals surface area contributed by atoms with E-state index in [0.29, 0.717) is 6.10 Å². The topological polar surface area (TPSA) is 9.23 Å². The van der Waals surface area contributed by atoms with Crippen LogP contribution in [0.5, 0.6) is 5.75 Å². The molecule has 0 spiro atoms. The zero-order valence-electron chi connectivity index (χ0n) is 10.5. The van der Waals surface area contributed by atoms with Gasteiger partial charge in [0.05, 0.1) is 0 Å². The molecule has 2 aromatic carbocycles. The van der Waals surface area contributed by atoms with Gasteiger partial charge in [0.15, 0.2) is 0 Å². The maximum absolute atomic E-state index is 5.94. The minimum absolute atomic E-state index is 0.381. The van der Waals surface area contributed by atoms with Crippen molar-refractivity contribution in [2.75, 3.05) is 0 Å². The number of benzene rings is 2. The quantitative estimate of drug-likeness (QED) is 0.782. The van der Waals surface area contributed by atoms with Crippen molar-refractivity contribution < 1.29 is 4.74 Å². The van der Waals surface area contributed by atoms with Crippen molar-refractivity contribution in [3.8, 4) is 5.75 Å².